The highest BCUT2D eigenvalue weighted by Gasteiger charge is 2.58. The van der Waals surface area contributed by atoms with E-state index in [9.17, 15) is 9.59 Å². The number of Topliss-reactive ketones (excluding diaryl/α,β-unsaturated/α-hetero) is 2. The van der Waals surface area contributed by atoms with Gasteiger partial charge >= 0.3 is 0 Å². The molecule has 0 spiro atoms. The van der Waals surface area contributed by atoms with Crippen molar-refractivity contribution in [2.24, 2.45) is 17.1 Å². The molecular weight excluding hydrogens is 384 g/mol. The lowest BCUT2D eigenvalue weighted by Crippen LogP contribution is -2.57. The second kappa shape index (κ2) is 12.2. The van der Waals surface area contributed by atoms with Crippen molar-refractivity contribution in [1.82, 2.24) is 4.90 Å². The number of thioether (sulfide) groups is 1. The van der Waals surface area contributed by atoms with Crippen LogP contribution >= 0.6 is 11.8 Å². The topological polar surface area (TPSA) is 72.6 Å². The molecule has 0 unspecified atom stereocenters. The number of allylic oxidation sites excluding steroid dienone is 1. The van der Waals surface area contributed by atoms with Crippen LogP contribution in [0, 0.1) is 11.3 Å². The number of carbonyl (C=O) groups is 2. The van der Waals surface area contributed by atoms with Gasteiger partial charge in [0.25, 0.3) is 0 Å². The van der Waals surface area contributed by atoms with Gasteiger partial charge in [-0.2, -0.15) is 11.8 Å². The van der Waals surface area contributed by atoms with E-state index in [1.165, 1.54) is 0 Å². The molecule has 1 aliphatic carbocycles. The fraction of sp³-hybridized carbons (Fsp3) is 0.826. The summed E-state index contributed by atoms with van der Waals surface area (Å²) in [4.78, 5) is 26.8. The molecule has 1 rings (SSSR count). The minimum Gasteiger partial charge on any atom is -0.358 e. The van der Waals surface area contributed by atoms with E-state index in [1.54, 1.807) is 6.92 Å². The van der Waals surface area contributed by atoms with Gasteiger partial charge in [0.2, 0.25) is 0 Å². The Balaban J connectivity index is 2.83. The van der Waals surface area contributed by atoms with Crippen LogP contribution in [0.25, 0.3) is 0 Å². The number of ketones is 2. The summed E-state index contributed by atoms with van der Waals surface area (Å²) in [6.45, 7) is 15.2. The smallest absolute Gasteiger partial charge is 0.143 e. The fourth-order valence-corrected chi connectivity index (χ4v) is 4.69. The summed E-state index contributed by atoms with van der Waals surface area (Å²) < 4.78 is 6.29. The van der Waals surface area contributed by atoms with E-state index in [4.69, 9.17) is 10.5 Å². The Morgan fingerprint density at radius 3 is 2.45 bits per heavy atom. The zero-order valence-corrected chi connectivity index (χ0v) is 20.0. The Bertz CT molecular complexity index is 568. The van der Waals surface area contributed by atoms with E-state index in [0.717, 1.165) is 37.4 Å². The molecule has 0 bridgehead atoms. The maximum Gasteiger partial charge on any atom is 0.143 e. The van der Waals surface area contributed by atoms with Gasteiger partial charge in [0, 0.05) is 31.7 Å². The van der Waals surface area contributed by atoms with E-state index < -0.39 is 11.1 Å². The molecule has 6 heteroatoms. The van der Waals surface area contributed by atoms with Crippen molar-refractivity contribution >= 4 is 23.3 Å². The predicted molar refractivity (Wildman–Crippen MR) is 123 cm³/mol. The molecule has 168 valence electrons. The summed E-state index contributed by atoms with van der Waals surface area (Å²) in [6, 6.07) is 0. The first-order valence-electron chi connectivity index (χ1n) is 10.9. The average molecular weight is 427 g/mol. The third-order valence-electron chi connectivity index (χ3n) is 6.30. The van der Waals surface area contributed by atoms with E-state index in [-0.39, 0.29) is 17.5 Å². The molecule has 1 aliphatic rings. The lowest BCUT2D eigenvalue weighted by molar-refractivity contribution is -0.152. The van der Waals surface area contributed by atoms with Gasteiger partial charge in [-0.15, -0.1) is 0 Å². The summed E-state index contributed by atoms with van der Waals surface area (Å²) in [6.07, 6.45) is 5.90. The van der Waals surface area contributed by atoms with Gasteiger partial charge in [-0.05, 0) is 65.2 Å². The fourth-order valence-electron chi connectivity index (χ4n) is 4.25. The molecular formula is C23H42N2O3S. The molecule has 0 aliphatic heterocycles. The number of ether oxygens (including phenoxy) is 1. The first kappa shape index (κ1) is 26.3. The Morgan fingerprint density at radius 2 is 1.90 bits per heavy atom. The molecule has 1 fully saturated rings. The average Bonchev–Trinajstić information content (AvgIpc) is 2.92. The van der Waals surface area contributed by atoms with Crippen LogP contribution in [0.2, 0.25) is 0 Å². The normalized spacial score (nSPS) is 26.8. The van der Waals surface area contributed by atoms with Crippen molar-refractivity contribution in [1.29, 1.82) is 0 Å². The highest BCUT2D eigenvalue weighted by molar-refractivity contribution is 7.98. The zero-order valence-electron chi connectivity index (χ0n) is 19.2. The van der Waals surface area contributed by atoms with Gasteiger partial charge in [-0.3, -0.25) is 4.79 Å². The summed E-state index contributed by atoms with van der Waals surface area (Å²) in [5.41, 5.74) is 6.10. The van der Waals surface area contributed by atoms with Crippen molar-refractivity contribution in [2.45, 2.75) is 71.9 Å². The van der Waals surface area contributed by atoms with Gasteiger partial charge in [0.05, 0.1) is 12.0 Å². The Hall–Kier alpha value is -0.690. The Kier molecular flexibility index (Phi) is 11.1. The number of nitrogens with zero attached hydrogens (tertiary/aromatic N) is 1. The van der Waals surface area contributed by atoms with Gasteiger partial charge in [-0.1, -0.05) is 19.1 Å². The van der Waals surface area contributed by atoms with Gasteiger partial charge in [0.15, 0.2) is 0 Å². The largest absolute Gasteiger partial charge is 0.358 e. The molecule has 0 radical (unpaired) electrons. The number of hydrogen-bond donors (Lipinski definition) is 1. The SMILES string of the molecule is C=C(C)[C@H]1C[C@@](N)(OCCN(CCC)CCSC)[C@](C)(C(=O)CCCC(C)=O)C1. The number of nitrogens with two attached hydrogens (primary N) is 1. The van der Waals surface area contributed by atoms with Crippen LogP contribution in [0.1, 0.15) is 66.2 Å². The summed E-state index contributed by atoms with van der Waals surface area (Å²) in [5.74, 6) is 1.51. The van der Waals surface area contributed by atoms with Crippen LogP contribution < -0.4 is 5.73 Å². The van der Waals surface area contributed by atoms with Crippen molar-refractivity contribution in [3.63, 3.8) is 0 Å². The number of hydrogen-bond acceptors (Lipinski definition) is 6. The van der Waals surface area contributed by atoms with E-state index in [1.807, 2.05) is 25.6 Å². The van der Waals surface area contributed by atoms with Crippen LogP contribution in [0.5, 0.6) is 0 Å². The first-order valence-corrected chi connectivity index (χ1v) is 12.3. The summed E-state index contributed by atoms with van der Waals surface area (Å²) in [7, 11) is 0. The lowest BCUT2D eigenvalue weighted by Gasteiger charge is -2.40. The second-order valence-electron chi connectivity index (χ2n) is 8.83. The zero-order chi connectivity index (χ0) is 22.1. The van der Waals surface area contributed by atoms with E-state index in [2.05, 4.69) is 24.7 Å². The molecule has 0 heterocycles. The molecule has 1 saturated carbocycles. The minimum atomic E-state index is -0.985. The molecule has 0 saturated heterocycles. The monoisotopic (exact) mass is 426 g/mol. The van der Waals surface area contributed by atoms with Crippen molar-refractivity contribution in [3.05, 3.63) is 12.2 Å². The molecule has 0 aromatic heterocycles. The summed E-state index contributed by atoms with van der Waals surface area (Å²) >= 11 is 1.85. The Labute approximate surface area is 182 Å². The Morgan fingerprint density at radius 1 is 1.21 bits per heavy atom. The third-order valence-corrected chi connectivity index (χ3v) is 6.89. The highest BCUT2D eigenvalue weighted by atomic mass is 32.2. The van der Waals surface area contributed by atoms with Crippen LogP contribution in [0.4, 0.5) is 0 Å². The van der Waals surface area contributed by atoms with Gasteiger partial charge in [-0.25, -0.2) is 0 Å². The molecule has 0 amide bonds. The highest BCUT2D eigenvalue weighted by Crippen LogP contribution is 2.51. The summed E-state index contributed by atoms with van der Waals surface area (Å²) in [5, 5.41) is 0. The number of carbonyl (C=O) groups excluding carboxylic acids is 2. The standard InChI is InChI=1S/C23H42N2O3S/c1-7-11-25(13-15-29-6)12-14-28-23(24)17-20(18(2)3)16-22(23,5)21(27)10-8-9-19(4)26/h20H,2,7-17,24H2,1,3-6H3/t20-,22+,23-/m1/s1. The quantitative estimate of drug-likeness (QED) is 0.314. The van der Waals surface area contributed by atoms with E-state index >= 15 is 0 Å². The second-order valence-corrected chi connectivity index (χ2v) is 9.82. The first-order chi connectivity index (χ1) is 13.6. The molecule has 0 aromatic rings. The molecule has 2 N–H and O–H groups in total. The lowest BCUT2D eigenvalue weighted by atomic mass is 9.75. The third kappa shape index (κ3) is 7.50. The van der Waals surface area contributed by atoms with Crippen molar-refractivity contribution in [3.8, 4) is 0 Å². The predicted octanol–water partition coefficient (Wildman–Crippen LogP) is 4.05. The molecule has 0 aromatic carbocycles. The minimum absolute atomic E-state index is 0.109. The molecule has 29 heavy (non-hydrogen) atoms. The van der Waals surface area contributed by atoms with Gasteiger partial charge < -0.3 is 20.2 Å². The van der Waals surface area contributed by atoms with Crippen LogP contribution in [0.15, 0.2) is 12.2 Å². The van der Waals surface area contributed by atoms with Crippen LogP contribution in [-0.4, -0.2) is 60.4 Å². The van der Waals surface area contributed by atoms with Crippen LogP contribution in [-0.2, 0) is 14.3 Å². The molecule has 3 atom stereocenters. The maximum atomic E-state index is 13.2. The van der Waals surface area contributed by atoms with Crippen LogP contribution in [0.3, 0.4) is 0 Å². The maximum absolute atomic E-state index is 13.2. The van der Waals surface area contributed by atoms with Crippen molar-refractivity contribution in [2.75, 3.05) is 38.2 Å². The number of rotatable bonds is 15. The van der Waals surface area contributed by atoms with Gasteiger partial charge in [0.1, 0.15) is 17.3 Å². The van der Waals surface area contributed by atoms with E-state index in [0.29, 0.717) is 38.7 Å². The molecule has 5 nitrogen and oxygen atoms in total. The van der Waals surface area contributed by atoms with Crippen molar-refractivity contribution < 1.29 is 14.3 Å².